The number of anilines is 1. The molecule has 0 saturated carbocycles. The smallest absolute Gasteiger partial charge is 0.275 e. The molecule has 0 aliphatic rings. The van der Waals surface area contributed by atoms with Crippen LogP contribution in [0.2, 0.25) is 0 Å². The summed E-state index contributed by atoms with van der Waals surface area (Å²) in [7, 11) is 0. The average molecular weight is 298 g/mol. The van der Waals surface area contributed by atoms with Crippen molar-refractivity contribution in [2.45, 2.75) is 6.92 Å². The number of rotatable bonds is 3. The van der Waals surface area contributed by atoms with E-state index in [1.54, 1.807) is 13.0 Å². The van der Waals surface area contributed by atoms with Crippen LogP contribution < -0.4 is 5.32 Å². The Morgan fingerprint density at radius 2 is 2.14 bits per heavy atom. The third-order valence-electron chi connectivity index (χ3n) is 2.88. The molecule has 0 spiro atoms. The van der Waals surface area contributed by atoms with E-state index in [9.17, 15) is 9.18 Å². The standard InChI is InChI=1S/C14H11FN6O/c1-9-5-18-12(6-17-9)14(22)20-10-2-3-13(11(15)4-10)21-8-16-7-19-21/h2-8H,1H3,(H,20,22). The third-order valence-corrected chi connectivity index (χ3v) is 2.88. The number of amides is 1. The Labute approximate surface area is 124 Å². The lowest BCUT2D eigenvalue weighted by Gasteiger charge is -2.07. The molecule has 0 radical (unpaired) electrons. The SMILES string of the molecule is Cc1cnc(C(=O)Nc2ccc(-n3cncn3)c(F)c2)cn1. The Morgan fingerprint density at radius 3 is 2.77 bits per heavy atom. The minimum absolute atomic E-state index is 0.159. The van der Waals surface area contributed by atoms with Gasteiger partial charge in [0.2, 0.25) is 0 Å². The van der Waals surface area contributed by atoms with Gasteiger partial charge in [0.05, 0.1) is 11.9 Å². The maximum absolute atomic E-state index is 14.1. The van der Waals surface area contributed by atoms with E-state index >= 15 is 0 Å². The van der Waals surface area contributed by atoms with E-state index in [2.05, 4.69) is 25.4 Å². The maximum atomic E-state index is 14.1. The molecular formula is C14H11FN6O. The largest absolute Gasteiger partial charge is 0.320 e. The average Bonchev–Trinajstić information content (AvgIpc) is 3.02. The van der Waals surface area contributed by atoms with Crippen molar-refractivity contribution in [2.75, 3.05) is 5.32 Å². The van der Waals surface area contributed by atoms with Gasteiger partial charge in [-0.05, 0) is 25.1 Å². The zero-order valence-electron chi connectivity index (χ0n) is 11.6. The fraction of sp³-hybridized carbons (Fsp3) is 0.0714. The van der Waals surface area contributed by atoms with Crippen molar-refractivity contribution in [1.82, 2.24) is 24.7 Å². The summed E-state index contributed by atoms with van der Waals surface area (Å²) in [5, 5.41) is 6.42. The molecule has 110 valence electrons. The number of hydrogen-bond donors (Lipinski definition) is 1. The maximum Gasteiger partial charge on any atom is 0.275 e. The fourth-order valence-corrected chi connectivity index (χ4v) is 1.81. The van der Waals surface area contributed by atoms with Crippen molar-refractivity contribution in [3.05, 3.63) is 60.5 Å². The van der Waals surface area contributed by atoms with E-state index in [-0.39, 0.29) is 11.4 Å². The topological polar surface area (TPSA) is 85.6 Å². The molecule has 0 atom stereocenters. The molecule has 2 heterocycles. The van der Waals surface area contributed by atoms with Crippen molar-refractivity contribution < 1.29 is 9.18 Å². The highest BCUT2D eigenvalue weighted by molar-refractivity contribution is 6.02. The summed E-state index contributed by atoms with van der Waals surface area (Å²) in [5.74, 6) is -0.987. The van der Waals surface area contributed by atoms with Crippen molar-refractivity contribution in [2.24, 2.45) is 0 Å². The van der Waals surface area contributed by atoms with Gasteiger partial charge in [0.1, 0.15) is 24.0 Å². The quantitative estimate of drug-likeness (QED) is 0.796. The number of halogens is 1. The van der Waals surface area contributed by atoms with Gasteiger partial charge >= 0.3 is 0 Å². The summed E-state index contributed by atoms with van der Waals surface area (Å²) in [4.78, 5) is 23.7. The Hall–Kier alpha value is -3.16. The van der Waals surface area contributed by atoms with Crippen molar-refractivity contribution in [3.63, 3.8) is 0 Å². The van der Waals surface area contributed by atoms with Gasteiger partial charge in [0.25, 0.3) is 5.91 Å². The van der Waals surface area contributed by atoms with Gasteiger partial charge in [-0.15, -0.1) is 0 Å². The van der Waals surface area contributed by atoms with Gasteiger partial charge in [0.15, 0.2) is 5.82 Å². The first-order chi connectivity index (χ1) is 10.6. The lowest BCUT2D eigenvalue weighted by atomic mass is 10.2. The lowest BCUT2D eigenvalue weighted by Crippen LogP contribution is -2.14. The van der Waals surface area contributed by atoms with Crippen LogP contribution in [0.3, 0.4) is 0 Å². The molecule has 1 aromatic carbocycles. The van der Waals surface area contributed by atoms with Crippen LogP contribution in [0.4, 0.5) is 10.1 Å². The molecule has 2 aromatic heterocycles. The van der Waals surface area contributed by atoms with Crippen LogP contribution in [0.15, 0.2) is 43.2 Å². The molecule has 1 amide bonds. The van der Waals surface area contributed by atoms with Crippen LogP contribution in [-0.2, 0) is 0 Å². The number of nitrogens with one attached hydrogen (secondary N) is 1. The summed E-state index contributed by atoms with van der Waals surface area (Å²) in [5.41, 5.74) is 1.42. The van der Waals surface area contributed by atoms with Gasteiger partial charge in [-0.2, -0.15) is 5.10 Å². The van der Waals surface area contributed by atoms with Crippen molar-refractivity contribution in [1.29, 1.82) is 0 Å². The number of carbonyl (C=O) groups is 1. The highest BCUT2D eigenvalue weighted by Crippen LogP contribution is 2.17. The van der Waals surface area contributed by atoms with Crippen LogP contribution in [0.1, 0.15) is 16.2 Å². The molecule has 0 aliphatic carbocycles. The predicted molar refractivity (Wildman–Crippen MR) is 76.0 cm³/mol. The zero-order valence-corrected chi connectivity index (χ0v) is 11.6. The summed E-state index contributed by atoms with van der Waals surface area (Å²) in [6.45, 7) is 1.77. The van der Waals surface area contributed by atoms with Crippen LogP contribution in [0, 0.1) is 12.7 Å². The van der Waals surface area contributed by atoms with Crippen molar-refractivity contribution in [3.8, 4) is 5.69 Å². The first-order valence-corrected chi connectivity index (χ1v) is 6.38. The van der Waals surface area contributed by atoms with Crippen LogP contribution >= 0.6 is 0 Å². The molecule has 3 rings (SSSR count). The Bertz CT molecular complexity index is 801. The number of carbonyl (C=O) groups excluding carboxylic acids is 1. The second kappa shape index (κ2) is 5.68. The van der Waals surface area contributed by atoms with Crippen LogP contribution in [-0.4, -0.2) is 30.6 Å². The monoisotopic (exact) mass is 298 g/mol. The molecule has 7 nitrogen and oxygen atoms in total. The number of aryl methyl sites for hydroxylation is 1. The molecule has 0 unspecified atom stereocenters. The summed E-state index contributed by atoms with van der Waals surface area (Å²) in [6, 6.07) is 4.27. The number of benzene rings is 1. The summed E-state index contributed by atoms with van der Waals surface area (Å²) >= 11 is 0. The first kappa shape index (κ1) is 13.8. The molecule has 0 aliphatic heterocycles. The Kier molecular flexibility index (Phi) is 3.57. The third kappa shape index (κ3) is 2.80. The minimum atomic E-state index is -0.529. The van der Waals surface area contributed by atoms with E-state index < -0.39 is 11.7 Å². The second-order valence-corrected chi connectivity index (χ2v) is 4.50. The molecule has 0 fully saturated rings. The number of aromatic nitrogens is 5. The summed E-state index contributed by atoms with van der Waals surface area (Å²) in [6.07, 6.45) is 5.55. The highest BCUT2D eigenvalue weighted by atomic mass is 19.1. The normalized spacial score (nSPS) is 10.5. The highest BCUT2D eigenvalue weighted by Gasteiger charge is 2.11. The molecule has 0 bridgehead atoms. The van der Waals surface area contributed by atoms with Gasteiger partial charge < -0.3 is 5.32 Å². The molecule has 8 heteroatoms. The molecule has 3 aromatic rings. The Morgan fingerprint density at radius 1 is 1.27 bits per heavy atom. The number of hydrogen-bond acceptors (Lipinski definition) is 5. The molecule has 0 saturated heterocycles. The van der Waals surface area contributed by atoms with Gasteiger partial charge in [-0.25, -0.2) is 19.0 Å². The second-order valence-electron chi connectivity index (χ2n) is 4.50. The molecule has 1 N–H and O–H groups in total. The predicted octanol–water partition coefficient (Wildman–Crippen LogP) is 1.76. The van der Waals surface area contributed by atoms with Gasteiger partial charge in [0, 0.05) is 11.9 Å². The summed E-state index contributed by atoms with van der Waals surface area (Å²) < 4.78 is 15.3. The molecule has 22 heavy (non-hydrogen) atoms. The van der Waals surface area contributed by atoms with E-state index in [4.69, 9.17) is 0 Å². The van der Waals surface area contributed by atoms with E-state index in [1.807, 2.05) is 0 Å². The number of nitrogens with zero attached hydrogens (tertiary/aromatic N) is 5. The minimum Gasteiger partial charge on any atom is -0.320 e. The fourth-order valence-electron chi connectivity index (χ4n) is 1.81. The molecular weight excluding hydrogens is 287 g/mol. The van der Waals surface area contributed by atoms with Crippen LogP contribution in [0.25, 0.3) is 5.69 Å². The van der Waals surface area contributed by atoms with E-state index in [0.717, 1.165) is 0 Å². The van der Waals surface area contributed by atoms with Crippen molar-refractivity contribution >= 4 is 11.6 Å². The van der Waals surface area contributed by atoms with Gasteiger partial charge in [-0.3, -0.25) is 9.78 Å². The van der Waals surface area contributed by atoms with Crippen LogP contribution in [0.5, 0.6) is 0 Å². The van der Waals surface area contributed by atoms with E-state index in [0.29, 0.717) is 11.4 Å². The lowest BCUT2D eigenvalue weighted by molar-refractivity contribution is 0.102. The van der Waals surface area contributed by atoms with Gasteiger partial charge in [-0.1, -0.05) is 0 Å². The zero-order chi connectivity index (χ0) is 15.5. The Balaban J connectivity index is 1.80. The first-order valence-electron chi connectivity index (χ1n) is 6.38. The van der Waals surface area contributed by atoms with E-state index in [1.165, 1.54) is 41.9 Å².